The topological polar surface area (TPSA) is 141 Å². The Morgan fingerprint density at radius 1 is 1.04 bits per heavy atom. The molecular weight excluding hydrogens is 694 g/mol. The van der Waals surface area contributed by atoms with Gasteiger partial charge in [-0.05, 0) is 72.6 Å². The van der Waals surface area contributed by atoms with Crippen molar-refractivity contribution < 1.29 is 36.9 Å². The first kappa shape index (κ1) is 35.7. The number of nitrogens with zero attached hydrogens (tertiary/aromatic N) is 5. The van der Waals surface area contributed by atoms with Gasteiger partial charge in [0.1, 0.15) is 18.5 Å². The van der Waals surface area contributed by atoms with Gasteiger partial charge in [-0.3, -0.25) is 4.79 Å². The fraction of sp³-hybridized carbons (Fsp3) is 0.316. The van der Waals surface area contributed by atoms with E-state index in [2.05, 4.69) is 20.4 Å². The van der Waals surface area contributed by atoms with E-state index in [9.17, 15) is 23.1 Å². The van der Waals surface area contributed by atoms with Crippen molar-refractivity contribution in [3.63, 3.8) is 0 Å². The molecule has 0 amide bonds. The number of ether oxygens (including phenoxy) is 2. The van der Waals surface area contributed by atoms with Crippen LogP contribution in [0.5, 0.6) is 11.6 Å². The van der Waals surface area contributed by atoms with Crippen LogP contribution in [0, 0.1) is 18.2 Å². The lowest BCUT2D eigenvalue weighted by atomic mass is 9.76. The molecule has 3 aromatic carbocycles. The van der Waals surface area contributed by atoms with Crippen molar-refractivity contribution in [2.45, 2.75) is 51.1 Å². The summed E-state index contributed by atoms with van der Waals surface area (Å²) in [5.74, 6) is -1.80. The summed E-state index contributed by atoms with van der Waals surface area (Å²) in [4.78, 5) is 21.7. The van der Waals surface area contributed by atoms with Crippen LogP contribution in [0.15, 0.2) is 85.1 Å². The summed E-state index contributed by atoms with van der Waals surface area (Å²) < 4.78 is 72.8. The number of nitrogen functional groups attached to an aromatic ring is 1. The predicted molar refractivity (Wildman–Crippen MR) is 188 cm³/mol. The molecule has 15 heteroatoms. The highest BCUT2D eigenvalue weighted by molar-refractivity contribution is 5.74. The second-order valence-corrected chi connectivity index (χ2v) is 13.5. The summed E-state index contributed by atoms with van der Waals surface area (Å²) >= 11 is 0. The Morgan fingerprint density at radius 3 is 2.43 bits per heavy atom. The van der Waals surface area contributed by atoms with Crippen LogP contribution in [0.4, 0.5) is 29.3 Å². The van der Waals surface area contributed by atoms with Gasteiger partial charge in [-0.15, -0.1) is 0 Å². The monoisotopic (exact) mass is 731 g/mol. The SMILES string of the molecule is Cc1ccn(-c2cc(-c3ccc(OCc4ccccc4)c(F)c3)ccc2[C@@H](Oc2cc(N3CCC4(CC3)CN[C@@H](C(=O)O)C4)nc(N)n2)C(F)(F)F)n1. The zero-order chi connectivity index (χ0) is 37.3. The molecule has 2 fully saturated rings. The zero-order valence-electron chi connectivity index (χ0n) is 28.7. The highest BCUT2D eigenvalue weighted by atomic mass is 19.4. The minimum atomic E-state index is -4.91. The number of hydrogen-bond acceptors (Lipinski definition) is 9. The fourth-order valence-electron chi connectivity index (χ4n) is 6.99. The summed E-state index contributed by atoms with van der Waals surface area (Å²) in [5, 5.41) is 16.9. The highest BCUT2D eigenvalue weighted by Gasteiger charge is 2.46. The number of carboxylic acids is 1. The van der Waals surface area contributed by atoms with Crippen LogP contribution < -0.4 is 25.4 Å². The van der Waals surface area contributed by atoms with E-state index in [1.807, 2.05) is 35.2 Å². The number of aliphatic carboxylic acids is 1. The van der Waals surface area contributed by atoms with E-state index in [-0.39, 0.29) is 40.9 Å². The molecule has 0 bridgehead atoms. The minimum Gasteiger partial charge on any atom is -0.486 e. The number of carboxylic acid groups (broad SMARTS) is 1. The smallest absolute Gasteiger partial charge is 0.429 e. The van der Waals surface area contributed by atoms with Gasteiger partial charge < -0.3 is 30.5 Å². The van der Waals surface area contributed by atoms with E-state index in [1.54, 1.807) is 19.1 Å². The molecule has 7 rings (SSSR count). The maximum Gasteiger partial charge on any atom is 0.429 e. The average molecular weight is 732 g/mol. The first-order valence-corrected chi connectivity index (χ1v) is 17.1. The first-order valence-electron chi connectivity index (χ1n) is 17.1. The van der Waals surface area contributed by atoms with Gasteiger partial charge in [0.05, 0.1) is 11.4 Å². The van der Waals surface area contributed by atoms with Gasteiger partial charge in [-0.2, -0.15) is 28.2 Å². The van der Waals surface area contributed by atoms with Gasteiger partial charge >= 0.3 is 12.1 Å². The predicted octanol–water partition coefficient (Wildman–Crippen LogP) is 6.65. The van der Waals surface area contributed by atoms with Crippen LogP contribution in [0.25, 0.3) is 16.8 Å². The molecule has 53 heavy (non-hydrogen) atoms. The fourth-order valence-corrected chi connectivity index (χ4v) is 6.99. The molecule has 11 nitrogen and oxygen atoms in total. The number of aryl methyl sites for hydroxylation is 1. The largest absolute Gasteiger partial charge is 0.486 e. The summed E-state index contributed by atoms with van der Waals surface area (Å²) in [5.41, 5.74) is 7.91. The van der Waals surface area contributed by atoms with Gasteiger partial charge in [0.25, 0.3) is 0 Å². The molecule has 4 N–H and O–H groups in total. The van der Waals surface area contributed by atoms with E-state index in [4.69, 9.17) is 15.2 Å². The molecule has 2 aliphatic heterocycles. The van der Waals surface area contributed by atoms with Crippen molar-refractivity contribution in [2.24, 2.45) is 5.41 Å². The summed E-state index contributed by atoms with van der Waals surface area (Å²) in [6, 6.07) is 20.3. The number of aromatic nitrogens is 4. The van der Waals surface area contributed by atoms with Crippen LogP contribution >= 0.6 is 0 Å². The molecule has 276 valence electrons. The summed E-state index contributed by atoms with van der Waals surface area (Å²) in [6.07, 6.45) is -4.02. The van der Waals surface area contributed by atoms with E-state index in [0.29, 0.717) is 61.5 Å². The second-order valence-electron chi connectivity index (χ2n) is 13.5. The zero-order valence-corrected chi connectivity index (χ0v) is 28.7. The highest BCUT2D eigenvalue weighted by Crippen LogP contribution is 2.43. The molecule has 2 saturated heterocycles. The Bertz CT molecular complexity index is 2100. The molecule has 0 aliphatic carbocycles. The van der Waals surface area contributed by atoms with Crippen molar-refractivity contribution in [3.05, 3.63) is 108 Å². The second kappa shape index (κ2) is 14.4. The number of anilines is 2. The number of hydrogen-bond donors (Lipinski definition) is 3. The minimum absolute atomic E-state index is 0.0394. The van der Waals surface area contributed by atoms with E-state index >= 15 is 4.39 Å². The van der Waals surface area contributed by atoms with E-state index in [1.165, 1.54) is 47.3 Å². The number of piperidine rings is 1. The van der Waals surface area contributed by atoms with Crippen LogP contribution in [0.1, 0.15) is 42.2 Å². The molecule has 2 aromatic heterocycles. The Kier molecular flexibility index (Phi) is 9.68. The normalized spacial score (nSPS) is 17.5. The lowest BCUT2D eigenvalue weighted by Crippen LogP contribution is -2.41. The standard InChI is InChI=1S/C38H37F4N7O4/c1-23-11-14-49(47-23)30-18-26(25-8-10-31(28(39)17-25)52-21-24-5-3-2-4-6-24)7-9-27(30)34(38(40,41)42)53-33-19-32(45-36(43)46-33)48-15-12-37(13-16-48)20-29(35(50)51)44-22-37/h2-11,14,17-19,29,34,44H,12-13,15-16,20-22H2,1H3,(H,50,51)(H2,43,45,46)/t29-,34-/m1/s1. The number of nitrogens with one attached hydrogen (secondary N) is 1. The Balaban J connectivity index is 1.16. The van der Waals surface area contributed by atoms with Crippen LogP contribution in [-0.4, -0.2) is 62.7 Å². The lowest BCUT2D eigenvalue weighted by molar-refractivity contribution is -0.198. The number of nitrogens with two attached hydrogens (primary N) is 1. The molecule has 5 aromatic rings. The van der Waals surface area contributed by atoms with Crippen LogP contribution in [0.2, 0.25) is 0 Å². The summed E-state index contributed by atoms with van der Waals surface area (Å²) in [7, 11) is 0. The van der Waals surface area contributed by atoms with Gasteiger partial charge in [-0.25, -0.2) is 9.07 Å². The molecule has 2 aliphatic rings. The number of alkyl halides is 3. The lowest BCUT2D eigenvalue weighted by Gasteiger charge is -2.39. The van der Waals surface area contributed by atoms with Gasteiger partial charge in [0.15, 0.2) is 11.6 Å². The Hall–Kier alpha value is -5.70. The van der Waals surface area contributed by atoms with Crippen molar-refractivity contribution in [2.75, 3.05) is 30.3 Å². The molecule has 1 spiro atoms. The number of halogens is 4. The number of benzene rings is 3. The van der Waals surface area contributed by atoms with Crippen LogP contribution in [-0.2, 0) is 11.4 Å². The summed E-state index contributed by atoms with van der Waals surface area (Å²) in [6.45, 7) is 3.45. The molecule has 0 unspecified atom stereocenters. The third-order valence-corrected chi connectivity index (χ3v) is 9.83. The molecule has 2 atom stereocenters. The molecule has 4 heterocycles. The Labute approximate surface area is 302 Å². The van der Waals surface area contributed by atoms with Gasteiger partial charge in [0.2, 0.25) is 17.9 Å². The average Bonchev–Trinajstić information content (AvgIpc) is 3.76. The van der Waals surface area contributed by atoms with Crippen molar-refractivity contribution >= 4 is 17.7 Å². The van der Waals surface area contributed by atoms with Gasteiger partial charge in [0, 0.05) is 37.5 Å². The maximum absolute atomic E-state index is 15.2. The third kappa shape index (κ3) is 7.89. The first-order chi connectivity index (χ1) is 25.4. The van der Waals surface area contributed by atoms with Gasteiger partial charge in [-0.1, -0.05) is 48.5 Å². The van der Waals surface area contributed by atoms with Crippen molar-refractivity contribution in [3.8, 4) is 28.4 Å². The quantitative estimate of drug-likeness (QED) is 0.134. The third-order valence-electron chi connectivity index (χ3n) is 9.83. The number of rotatable bonds is 10. The molecule has 0 radical (unpaired) electrons. The van der Waals surface area contributed by atoms with Crippen molar-refractivity contribution in [1.29, 1.82) is 0 Å². The Morgan fingerprint density at radius 2 is 1.77 bits per heavy atom. The molecule has 0 saturated carbocycles. The van der Waals surface area contributed by atoms with Crippen molar-refractivity contribution in [1.82, 2.24) is 25.1 Å². The van der Waals surface area contributed by atoms with E-state index < -0.39 is 30.1 Å². The molecular formula is C38H37F4N7O4. The van der Waals surface area contributed by atoms with E-state index in [0.717, 1.165) is 5.56 Å². The maximum atomic E-state index is 15.2. The number of carbonyl (C=O) groups is 1. The van der Waals surface area contributed by atoms with Crippen LogP contribution in [0.3, 0.4) is 0 Å².